The first-order chi connectivity index (χ1) is 15.6. The van der Waals surface area contributed by atoms with E-state index in [1.165, 1.54) is 0 Å². The lowest BCUT2D eigenvalue weighted by atomic mass is 10.3. The number of carbonyl (C=O) groups excluding carboxylic acids is 6. The van der Waals surface area contributed by atoms with Crippen molar-refractivity contribution in [3.63, 3.8) is 0 Å². The zero-order chi connectivity index (χ0) is 26.1. The van der Waals surface area contributed by atoms with Crippen molar-refractivity contribution in [3.8, 4) is 0 Å². The van der Waals surface area contributed by atoms with Crippen LogP contribution >= 0.6 is 23.2 Å². The topological polar surface area (TPSA) is 160 Å². The van der Waals surface area contributed by atoms with Gasteiger partial charge in [0.15, 0.2) is 0 Å². The molecule has 0 atom stereocenters. The molecule has 0 aromatic carbocycles. The fraction of sp³-hybridized carbons (Fsp3) is 0.500. The summed E-state index contributed by atoms with van der Waals surface area (Å²) in [6.07, 6.45) is 4.60. The summed E-state index contributed by atoms with van der Waals surface area (Å²) in [6.45, 7) is 9.02. The average Bonchev–Trinajstić information content (AvgIpc) is 2.79. The number of rotatable bonds is 13. The van der Waals surface area contributed by atoms with Crippen molar-refractivity contribution in [2.24, 2.45) is 0 Å². The highest BCUT2D eigenvalue weighted by atomic mass is 35.5. The monoisotopic (exact) mass is 514 g/mol. The van der Waals surface area contributed by atoms with Gasteiger partial charge in [-0.25, -0.2) is 19.2 Å². The van der Waals surface area contributed by atoms with Gasteiger partial charge in [0.1, 0.15) is 0 Å². The number of unbranched alkanes of at least 4 members (excludes halogenated alkanes) is 2. The molecule has 0 unspecified atom stereocenters. The van der Waals surface area contributed by atoms with E-state index in [9.17, 15) is 28.8 Å². The molecule has 0 fully saturated rings. The number of aliphatic hydroxyl groups is 1. The molecule has 11 nitrogen and oxygen atoms in total. The van der Waals surface area contributed by atoms with Crippen LogP contribution in [0.1, 0.15) is 32.6 Å². The summed E-state index contributed by atoms with van der Waals surface area (Å²) in [5.74, 6) is -2.90. The predicted molar refractivity (Wildman–Crippen MR) is 117 cm³/mol. The molecule has 0 bridgehead atoms. The summed E-state index contributed by atoms with van der Waals surface area (Å²) < 4.78 is 18.4. The van der Waals surface area contributed by atoms with Crippen molar-refractivity contribution < 1.29 is 52.8 Å². The second-order valence-corrected chi connectivity index (χ2v) is 5.97. The molecular formula is C20H28Cl2O11. The van der Waals surface area contributed by atoms with Gasteiger partial charge in [0, 0.05) is 18.8 Å². The van der Waals surface area contributed by atoms with Crippen LogP contribution in [0, 0.1) is 0 Å². The molecule has 1 N–H and O–H groups in total. The zero-order valence-corrected chi connectivity index (χ0v) is 19.7. The minimum absolute atomic E-state index is 0.0866. The summed E-state index contributed by atoms with van der Waals surface area (Å²) in [6, 6.07) is 0. The van der Waals surface area contributed by atoms with Gasteiger partial charge in [-0.05, 0) is 55.8 Å². The van der Waals surface area contributed by atoms with Gasteiger partial charge >= 0.3 is 34.4 Å². The second-order valence-electron chi connectivity index (χ2n) is 5.28. The third kappa shape index (κ3) is 29.2. The molecule has 0 aromatic rings. The Hall–Kier alpha value is -2.76. The van der Waals surface area contributed by atoms with Crippen LogP contribution in [0.15, 0.2) is 25.3 Å². The van der Waals surface area contributed by atoms with Gasteiger partial charge in [-0.1, -0.05) is 13.2 Å². The number of carbonyl (C=O) groups is 6. The van der Waals surface area contributed by atoms with Crippen LogP contribution in [0.4, 0.5) is 0 Å². The molecule has 0 radical (unpaired) electrons. The molecule has 0 aliphatic heterocycles. The van der Waals surface area contributed by atoms with Crippen LogP contribution in [0.3, 0.4) is 0 Å². The molecule has 13 heteroatoms. The summed E-state index contributed by atoms with van der Waals surface area (Å²) >= 11 is 8.98. The molecule has 0 saturated heterocycles. The second kappa shape index (κ2) is 25.5. The lowest BCUT2D eigenvalue weighted by Crippen LogP contribution is -2.20. The Labute approximate surface area is 201 Å². The van der Waals surface area contributed by atoms with Gasteiger partial charge in [-0.2, -0.15) is 0 Å². The third-order valence-electron chi connectivity index (χ3n) is 2.74. The van der Waals surface area contributed by atoms with Gasteiger partial charge in [-0.15, -0.1) is 0 Å². The maximum Gasteiger partial charge on any atom is 0.417 e. The predicted octanol–water partition coefficient (Wildman–Crippen LogP) is 1.61. The van der Waals surface area contributed by atoms with Gasteiger partial charge < -0.3 is 24.1 Å². The first kappa shape index (κ1) is 34.8. The Morgan fingerprint density at radius 3 is 1.39 bits per heavy atom. The molecule has 0 rings (SSSR count). The van der Waals surface area contributed by atoms with Crippen LogP contribution in [0.25, 0.3) is 0 Å². The first-order valence-electron chi connectivity index (χ1n) is 9.49. The van der Waals surface area contributed by atoms with E-state index in [2.05, 4.69) is 50.6 Å². The van der Waals surface area contributed by atoms with E-state index >= 15 is 0 Å². The summed E-state index contributed by atoms with van der Waals surface area (Å²) in [4.78, 5) is 61.6. The van der Waals surface area contributed by atoms with Crippen LogP contribution in [-0.4, -0.2) is 72.5 Å². The van der Waals surface area contributed by atoms with Crippen LogP contribution < -0.4 is 0 Å². The van der Waals surface area contributed by atoms with E-state index in [1.54, 1.807) is 6.92 Å². The van der Waals surface area contributed by atoms with Gasteiger partial charge in [0.25, 0.3) is 0 Å². The van der Waals surface area contributed by atoms with E-state index in [4.69, 9.17) is 9.84 Å². The standard InChI is InChI=1S/C11H16O6.C7H12O3.C2Cl2O2/c1-3-9(12)16-7-5-6-8-17-11(14)10(13)15-4-2;1-2-7(9)10-6-4-3-5-8;3-1(5)2(4)6/h3H,1,4-8H2,2H3;2,8H,1,3-6H2;. The maximum atomic E-state index is 10.9. The van der Waals surface area contributed by atoms with E-state index in [1.807, 2.05) is 0 Å². The van der Waals surface area contributed by atoms with E-state index in [0.717, 1.165) is 12.2 Å². The molecule has 0 saturated carbocycles. The van der Waals surface area contributed by atoms with Crippen molar-refractivity contribution in [3.05, 3.63) is 25.3 Å². The normalized spacial score (nSPS) is 8.85. The number of hydrogen-bond donors (Lipinski definition) is 1. The van der Waals surface area contributed by atoms with Crippen molar-refractivity contribution in [2.75, 3.05) is 33.0 Å². The Kier molecular flexibility index (Phi) is 26.9. The highest BCUT2D eigenvalue weighted by Crippen LogP contribution is 1.94. The smallest absolute Gasteiger partial charge is 0.417 e. The Balaban J connectivity index is -0.000000473. The van der Waals surface area contributed by atoms with Crippen molar-refractivity contribution in [1.82, 2.24) is 0 Å². The summed E-state index contributed by atoms with van der Waals surface area (Å²) in [7, 11) is 0. The lowest BCUT2D eigenvalue weighted by Gasteiger charge is -2.04. The number of ether oxygens (including phenoxy) is 4. The van der Waals surface area contributed by atoms with Crippen molar-refractivity contribution in [2.45, 2.75) is 32.6 Å². The number of halogens is 2. The summed E-state index contributed by atoms with van der Waals surface area (Å²) in [5, 5.41) is 6.04. The van der Waals surface area contributed by atoms with Crippen molar-refractivity contribution >= 4 is 57.6 Å². The molecule has 0 spiro atoms. The summed E-state index contributed by atoms with van der Waals surface area (Å²) in [5.41, 5.74) is 0. The number of esters is 4. The van der Waals surface area contributed by atoms with E-state index < -0.39 is 34.4 Å². The van der Waals surface area contributed by atoms with Gasteiger partial charge in [-0.3, -0.25) is 9.59 Å². The Morgan fingerprint density at radius 1 is 0.697 bits per heavy atom. The minimum Gasteiger partial charge on any atom is -0.463 e. The molecule has 0 aromatic heterocycles. The molecule has 33 heavy (non-hydrogen) atoms. The SMILES string of the molecule is C=CC(=O)OCCCCO.C=CC(=O)OCCCCOC(=O)C(=O)OCC.O=C(Cl)C(=O)Cl. The minimum atomic E-state index is -1.14. The molecule has 188 valence electrons. The average molecular weight is 515 g/mol. The molecular weight excluding hydrogens is 487 g/mol. The van der Waals surface area contributed by atoms with Gasteiger partial charge in [0.2, 0.25) is 0 Å². The molecule has 0 heterocycles. The molecule has 0 aliphatic carbocycles. The highest BCUT2D eigenvalue weighted by molar-refractivity contribution is 6.97. The van der Waals surface area contributed by atoms with Gasteiger partial charge in [0.05, 0.1) is 26.4 Å². The fourth-order valence-electron chi connectivity index (χ4n) is 1.30. The fourth-order valence-corrected chi connectivity index (χ4v) is 1.30. The quantitative estimate of drug-likeness (QED) is 0.0948. The van der Waals surface area contributed by atoms with Crippen LogP contribution in [0.2, 0.25) is 0 Å². The zero-order valence-electron chi connectivity index (χ0n) is 18.2. The lowest BCUT2D eigenvalue weighted by molar-refractivity contribution is -0.167. The first-order valence-corrected chi connectivity index (χ1v) is 10.2. The molecule has 0 amide bonds. The number of aliphatic hydroxyl groups excluding tert-OH is 1. The molecule has 0 aliphatic rings. The van der Waals surface area contributed by atoms with Crippen LogP contribution in [0.5, 0.6) is 0 Å². The maximum absolute atomic E-state index is 10.9. The van der Waals surface area contributed by atoms with Crippen molar-refractivity contribution in [1.29, 1.82) is 0 Å². The largest absolute Gasteiger partial charge is 0.463 e. The Morgan fingerprint density at radius 2 is 1.06 bits per heavy atom. The van der Waals surface area contributed by atoms with Crippen LogP contribution in [-0.2, 0) is 47.7 Å². The van der Waals surface area contributed by atoms with E-state index in [0.29, 0.717) is 32.3 Å². The van der Waals surface area contributed by atoms with E-state index in [-0.39, 0.29) is 26.4 Å². The third-order valence-corrected chi connectivity index (χ3v) is 3.18. The highest BCUT2D eigenvalue weighted by Gasteiger charge is 2.15. The Bertz CT molecular complexity index is 636. The number of hydrogen-bond acceptors (Lipinski definition) is 11.